The minimum absolute atomic E-state index is 0.323. The van der Waals surface area contributed by atoms with Crippen molar-refractivity contribution in [3.05, 3.63) is 28.2 Å². The molecule has 1 unspecified atom stereocenters. The molecule has 1 atom stereocenters. The molecular formula is C12H18BrNO. The van der Waals surface area contributed by atoms with Crippen LogP contribution >= 0.6 is 15.9 Å². The van der Waals surface area contributed by atoms with E-state index in [1.54, 1.807) is 0 Å². The van der Waals surface area contributed by atoms with Gasteiger partial charge in [-0.05, 0) is 54.4 Å². The third kappa shape index (κ3) is 4.22. The molecule has 1 N–H and O–H groups in total. The van der Waals surface area contributed by atoms with Crippen LogP contribution in [0.1, 0.15) is 19.4 Å². The third-order valence-electron chi connectivity index (χ3n) is 2.10. The van der Waals surface area contributed by atoms with Crippen molar-refractivity contribution in [3.63, 3.8) is 0 Å². The molecule has 1 rings (SSSR count). The van der Waals surface area contributed by atoms with Crippen LogP contribution in [0.15, 0.2) is 22.7 Å². The normalized spacial score (nSPS) is 12.5. The Balaban J connectivity index is 2.56. The lowest BCUT2D eigenvalue weighted by Crippen LogP contribution is -2.21. The standard InChI is InChI=1S/C12H18BrNO/c1-4-15-8-10(3)14-12-6-5-9(2)7-11(12)13/h5-7,10,14H,4,8H2,1-3H3. The minimum Gasteiger partial charge on any atom is -0.380 e. The molecule has 1 aromatic rings. The summed E-state index contributed by atoms with van der Waals surface area (Å²) in [7, 11) is 0. The van der Waals surface area contributed by atoms with E-state index in [0.717, 1.165) is 23.4 Å². The second-order valence-corrected chi connectivity index (χ2v) is 4.54. The van der Waals surface area contributed by atoms with Gasteiger partial charge in [0.25, 0.3) is 0 Å². The Bertz CT molecular complexity index is 314. The van der Waals surface area contributed by atoms with E-state index in [0.29, 0.717) is 6.04 Å². The molecule has 0 aliphatic carbocycles. The van der Waals surface area contributed by atoms with Crippen molar-refractivity contribution in [2.45, 2.75) is 26.8 Å². The van der Waals surface area contributed by atoms with Crippen LogP contribution in [0.2, 0.25) is 0 Å². The van der Waals surface area contributed by atoms with Crippen LogP contribution in [0, 0.1) is 6.92 Å². The lowest BCUT2D eigenvalue weighted by molar-refractivity contribution is 0.141. The molecule has 0 spiro atoms. The van der Waals surface area contributed by atoms with Gasteiger partial charge in [-0.25, -0.2) is 0 Å². The predicted molar refractivity (Wildman–Crippen MR) is 68.5 cm³/mol. The lowest BCUT2D eigenvalue weighted by Gasteiger charge is -2.16. The molecule has 0 bridgehead atoms. The van der Waals surface area contributed by atoms with Gasteiger partial charge in [0.1, 0.15) is 0 Å². The zero-order valence-corrected chi connectivity index (χ0v) is 11.1. The quantitative estimate of drug-likeness (QED) is 0.884. The SMILES string of the molecule is CCOCC(C)Nc1ccc(C)cc1Br. The molecule has 15 heavy (non-hydrogen) atoms. The highest BCUT2D eigenvalue weighted by Gasteiger charge is 2.04. The van der Waals surface area contributed by atoms with Gasteiger partial charge >= 0.3 is 0 Å². The topological polar surface area (TPSA) is 21.3 Å². The van der Waals surface area contributed by atoms with Gasteiger partial charge < -0.3 is 10.1 Å². The second kappa shape index (κ2) is 6.13. The number of rotatable bonds is 5. The summed E-state index contributed by atoms with van der Waals surface area (Å²) in [4.78, 5) is 0. The molecule has 0 saturated carbocycles. The number of nitrogens with one attached hydrogen (secondary N) is 1. The summed E-state index contributed by atoms with van der Waals surface area (Å²) in [6, 6.07) is 6.61. The van der Waals surface area contributed by atoms with Crippen LogP contribution < -0.4 is 5.32 Å². The number of aryl methyl sites for hydroxylation is 1. The average Bonchev–Trinajstić information content (AvgIpc) is 2.19. The van der Waals surface area contributed by atoms with E-state index in [4.69, 9.17) is 4.74 Å². The molecule has 2 nitrogen and oxygen atoms in total. The molecule has 0 aliphatic rings. The van der Waals surface area contributed by atoms with Crippen molar-refractivity contribution >= 4 is 21.6 Å². The average molecular weight is 272 g/mol. The number of hydrogen-bond acceptors (Lipinski definition) is 2. The highest BCUT2D eigenvalue weighted by atomic mass is 79.9. The molecule has 3 heteroatoms. The first-order chi connectivity index (χ1) is 7.13. The van der Waals surface area contributed by atoms with Crippen LogP contribution in [-0.2, 0) is 4.74 Å². The zero-order chi connectivity index (χ0) is 11.3. The van der Waals surface area contributed by atoms with Crippen molar-refractivity contribution < 1.29 is 4.74 Å². The second-order valence-electron chi connectivity index (χ2n) is 3.69. The smallest absolute Gasteiger partial charge is 0.0664 e. The molecule has 0 radical (unpaired) electrons. The van der Waals surface area contributed by atoms with Crippen molar-refractivity contribution in [1.82, 2.24) is 0 Å². The maximum Gasteiger partial charge on any atom is 0.0664 e. The van der Waals surface area contributed by atoms with Gasteiger partial charge in [-0.15, -0.1) is 0 Å². The first kappa shape index (κ1) is 12.5. The molecular weight excluding hydrogens is 254 g/mol. The number of anilines is 1. The summed E-state index contributed by atoms with van der Waals surface area (Å²) in [6.07, 6.45) is 0. The summed E-state index contributed by atoms with van der Waals surface area (Å²) in [5.41, 5.74) is 2.37. The zero-order valence-electron chi connectivity index (χ0n) is 9.51. The largest absolute Gasteiger partial charge is 0.380 e. The van der Waals surface area contributed by atoms with E-state index in [2.05, 4.69) is 53.3 Å². The summed E-state index contributed by atoms with van der Waals surface area (Å²) in [5.74, 6) is 0. The monoisotopic (exact) mass is 271 g/mol. The van der Waals surface area contributed by atoms with Crippen molar-refractivity contribution in [2.75, 3.05) is 18.5 Å². The summed E-state index contributed by atoms with van der Waals surface area (Å²) in [5, 5.41) is 3.40. The summed E-state index contributed by atoms with van der Waals surface area (Å²) < 4.78 is 6.46. The highest BCUT2D eigenvalue weighted by molar-refractivity contribution is 9.10. The van der Waals surface area contributed by atoms with E-state index < -0.39 is 0 Å². The Morgan fingerprint density at radius 1 is 1.47 bits per heavy atom. The highest BCUT2D eigenvalue weighted by Crippen LogP contribution is 2.23. The fraction of sp³-hybridized carbons (Fsp3) is 0.500. The van der Waals surface area contributed by atoms with E-state index in [9.17, 15) is 0 Å². The molecule has 1 aromatic carbocycles. The number of benzene rings is 1. The van der Waals surface area contributed by atoms with Crippen LogP contribution in [-0.4, -0.2) is 19.3 Å². The van der Waals surface area contributed by atoms with E-state index in [1.165, 1.54) is 5.56 Å². The van der Waals surface area contributed by atoms with Crippen molar-refractivity contribution in [1.29, 1.82) is 0 Å². The van der Waals surface area contributed by atoms with Crippen LogP contribution in [0.25, 0.3) is 0 Å². The first-order valence-corrected chi connectivity index (χ1v) is 6.03. The molecule has 0 heterocycles. The van der Waals surface area contributed by atoms with Crippen LogP contribution in [0.4, 0.5) is 5.69 Å². The molecule has 0 amide bonds. The van der Waals surface area contributed by atoms with Gasteiger partial charge in [0.05, 0.1) is 6.61 Å². The maximum absolute atomic E-state index is 5.35. The minimum atomic E-state index is 0.323. The fourth-order valence-electron chi connectivity index (χ4n) is 1.34. The van der Waals surface area contributed by atoms with E-state index >= 15 is 0 Å². The van der Waals surface area contributed by atoms with E-state index in [1.807, 2.05) is 6.92 Å². The Labute approximate surface area is 100 Å². The first-order valence-electron chi connectivity index (χ1n) is 5.24. The van der Waals surface area contributed by atoms with Gasteiger partial charge in [0, 0.05) is 22.8 Å². The lowest BCUT2D eigenvalue weighted by atomic mass is 10.2. The number of hydrogen-bond donors (Lipinski definition) is 1. The summed E-state index contributed by atoms with van der Waals surface area (Å²) in [6.45, 7) is 7.70. The Kier molecular flexibility index (Phi) is 5.12. The molecule has 84 valence electrons. The van der Waals surface area contributed by atoms with Crippen LogP contribution in [0.3, 0.4) is 0 Å². The maximum atomic E-state index is 5.35. The Morgan fingerprint density at radius 3 is 2.80 bits per heavy atom. The third-order valence-corrected chi connectivity index (χ3v) is 2.75. The van der Waals surface area contributed by atoms with Gasteiger partial charge in [0.2, 0.25) is 0 Å². The predicted octanol–water partition coefficient (Wildman–Crippen LogP) is 3.59. The number of halogens is 1. The molecule has 0 aliphatic heterocycles. The Hall–Kier alpha value is -0.540. The van der Waals surface area contributed by atoms with Gasteiger partial charge in [0.15, 0.2) is 0 Å². The van der Waals surface area contributed by atoms with E-state index in [-0.39, 0.29) is 0 Å². The molecule has 0 saturated heterocycles. The van der Waals surface area contributed by atoms with Crippen LogP contribution in [0.5, 0.6) is 0 Å². The van der Waals surface area contributed by atoms with Crippen molar-refractivity contribution in [3.8, 4) is 0 Å². The Morgan fingerprint density at radius 2 is 2.20 bits per heavy atom. The fourth-order valence-corrected chi connectivity index (χ4v) is 1.95. The molecule has 0 aromatic heterocycles. The van der Waals surface area contributed by atoms with Gasteiger partial charge in [-0.3, -0.25) is 0 Å². The van der Waals surface area contributed by atoms with Gasteiger partial charge in [-0.2, -0.15) is 0 Å². The number of ether oxygens (including phenoxy) is 1. The van der Waals surface area contributed by atoms with Gasteiger partial charge in [-0.1, -0.05) is 6.07 Å². The summed E-state index contributed by atoms with van der Waals surface area (Å²) >= 11 is 3.54. The molecule has 0 fully saturated rings. The van der Waals surface area contributed by atoms with Crippen molar-refractivity contribution in [2.24, 2.45) is 0 Å².